The van der Waals surface area contributed by atoms with Crippen LogP contribution in [0.1, 0.15) is 74.7 Å². The number of rotatable bonds is 11. The number of nitrogens with zero attached hydrogens (tertiary/aromatic N) is 7. The molecule has 0 radical (unpaired) electrons. The molecule has 22 heteroatoms. The molecule has 12 rings (SSSR count). The van der Waals surface area contributed by atoms with Gasteiger partial charge in [-0.1, -0.05) is 43.3 Å². The van der Waals surface area contributed by atoms with Gasteiger partial charge in [-0.15, -0.1) is 0 Å². The lowest BCUT2D eigenvalue weighted by Crippen LogP contribution is -2.48. The van der Waals surface area contributed by atoms with E-state index in [1.54, 1.807) is 122 Å². The molecule has 416 valence electrons. The number of hydrogen-bond acceptors (Lipinski definition) is 14. The normalized spacial score (nSPS) is 25.7. The molecule has 6 fully saturated rings. The second-order valence-electron chi connectivity index (χ2n) is 23.5. The summed E-state index contributed by atoms with van der Waals surface area (Å²) < 4.78 is 94.9. The molecule has 78 heavy (non-hydrogen) atoms. The number of benzene rings is 3. The largest absolute Gasteiger partial charge is 0.444 e. The first-order valence-electron chi connectivity index (χ1n) is 26.5. The standard InChI is InChI=1S/C21H27N3O4S.C19H23N3O4S.C16H19N3O2S/c1-5-24(19(25)28-20(2,3)4)21-11-16(21)13-23(14-21)29(26,27)18-8-6-7-15-12-22-10-9-17(15)18;1-18(2,3)26-17(23)21-19-9-14(19)11-22(12-19)27(24,25)16-6-4-5-13-10-20-8-7-15(13)16;1-2-18-16-8-13(16)10-19(11-16)22(20,21)15-5-3-4-12-9-17-7-6-14(12)15/h6-10,12,16H,5,11,13-14H2,1-4H3;4-8,10,14H,9,11-12H2,1-3H3,(H,21,23);3-7,9,13,18H,2,8,10-11H2,1H3. The van der Waals surface area contributed by atoms with E-state index in [1.807, 2.05) is 45.9 Å². The van der Waals surface area contributed by atoms with Gasteiger partial charge in [0.25, 0.3) is 0 Å². The summed E-state index contributed by atoms with van der Waals surface area (Å²) in [7, 11) is -10.8. The van der Waals surface area contributed by atoms with Gasteiger partial charge in [-0.25, -0.2) is 34.8 Å². The van der Waals surface area contributed by atoms with Gasteiger partial charge in [0.1, 0.15) is 11.2 Å². The summed E-state index contributed by atoms with van der Waals surface area (Å²) in [4.78, 5) is 39.7. The molecule has 6 unspecified atom stereocenters. The van der Waals surface area contributed by atoms with Crippen molar-refractivity contribution in [1.29, 1.82) is 0 Å². The number of sulfonamides is 3. The van der Waals surface area contributed by atoms with Crippen LogP contribution < -0.4 is 10.6 Å². The predicted octanol–water partition coefficient (Wildman–Crippen LogP) is 7.38. The Morgan fingerprint density at radius 1 is 0.577 bits per heavy atom. The molecule has 6 heterocycles. The van der Waals surface area contributed by atoms with Gasteiger partial charge < -0.3 is 25.0 Å². The SMILES string of the molecule is CC(C)(C)OC(=O)NC12CC1CN(S(=O)(=O)c1cccc3cnccc13)C2.CCN(C(=O)OC(C)(C)C)C12CC1CN(S(=O)(=O)c1cccc3cnccc13)C2.CCNC12CC1CN(S(=O)(=O)c1cccc3cnccc13)C2. The Labute approximate surface area is 457 Å². The summed E-state index contributed by atoms with van der Waals surface area (Å²) >= 11 is 0. The van der Waals surface area contributed by atoms with E-state index in [-0.39, 0.29) is 39.8 Å². The molecular weight excluding hydrogens is 1050 g/mol. The lowest BCUT2D eigenvalue weighted by atomic mass is 10.2. The van der Waals surface area contributed by atoms with E-state index >= 15 is 0 Å². The average Bonchev–Trinajstić information content (AvgIpc) is 4.48. The van der Waals surface area contributed by atoms with Gasteiger partial charge in [-0.3, -0.25) is 15.0 Å². The number of alkyl carbamates (subject to hydrolysis) is 1. The topological polar surface area (TPSA) is 231 Å². The number of piperidine rings is 3. The van der Waals surface area contributed by atoms with Crippen molar-refractivity contribution in [2.75, 3.05) is 52.4 Å². The quantitative estimate of drug-likeness (QED) is 0.129. The van der Waals surface area contributed by atoms with Gasteiger partial charge in [0.15, 0.2) is 0 Å². The van der Waals surface area contributed by atoms with E-state index in [2.05, 4.69) is 32.5 Å². The Bertz CT molecular complexity index is 3650. The second-order valence-corrected chi connectivity index (χ2v) is 29.2. The number of aromatic nitrogens is 3. The zero-order valence-corrected chi connectivity index (χ0v) is 47.8. The first-order chi connectivity index (χ1) is 36.8. The summed E-state index contributed by atoms with van der Waals surface area (Å²) in [6.45, 7) is 18.8. The lowest BCUT2D eigenvalue weighted by molar-refractivity contribution is 0.0137. The number of nitrogens with one attached hydrogen (secondary N) is 2. The highest BCUT2D eigenvalue weighted by molar-refractivity contribution is 7.90. The highest BCUT2D eigenvalue weighted by atomic mass is 32.2. The minimum absolute atomic E-state index is 0.0218. The lowest BCUT2D eigenvalue weighted by Gasteiger charge is -2.33. The fraction of sp³-hybridized carbons (Fsp3) is 0.482. The van der Waals surface area contributed by atoms with Crippen molar-refractivity contribution < 1.29 is 44.3 Å². The van der Waals surface area contributed by atoms with Crippen LogP contribution in [0, 0.1) is 17.8 Å². The van der Waals surface area contributed by atoms with Gasteiger partial charge in [0, 0.05) is 121 Å². The summed E-state index contributed by atoms with van der Waals surface area (Å²) in [6, 6.07) is 21.0. The van der Waals surface area contributed by atoms with Crippen molar-refractivity contribution in [3.8, 4) is 0 Å². The fourth-order valence-corrected chi connectivity index (χ4v) is 17.2. The molecule has 3 aromatic carbocycles. The molecule has 2 amide bonds. The summed E-state index contributed by atoms with van der Waals surface area (Å²) in [5, 5.41) is 10.9. The fourth-order valence-electron chi connectivity index (χ4n) is 11.9. The number of carbonyl (C=O) groups excluding carboxylic acids is 2. The van der Waals surface area contributed by atoms with Crippen molar-refractivity contribution in [1.82, 2.24) is 43.4 Å². The smallest absolute Gasteiger partial charge is 0.410 e. The Morgan fingerprint density at radius 2 is 0.987 bits per heavy atom. The van der Waals surface area contributed by atoms with E-state index in [0.29, 0.717) is 60.9 Å². The molecule has 3 saturated heterocycles. The van der Waals surface area contributed by atoms with Gasteiger partial charge >= 0.3 is 12.2 Å². The molecule has 19 nitrogen and oxygen atoms in total. The molecule has 0 spiro atoms. The molecule has 6 aliphatic rings. The third-order valence-electron chi connectivity index (χ3n) is 15.8. The maximum atomic E-state index is 13.4. The molecule has 0 bridgehead atoms. The van der Waals surface area contributed by atoms with Gasteiger partial charge in [-0.05, 0) is 128 Å². The van der Waals surface area contributed by atoms with E-state index in [4.69, 9.17) is 9.47 Å². The number of carbonyl (C=O) groups is 2. The number of amides is 2. The van der Waals surface area contributed by atoms with Crippen molar-refractivity contribution in [2.24, 2.45) is 17.8 Å². The summed E-state index contributed by atoms with van der Waals surface area (Å²) in [5.74, 6) is 0.719. The van der Waals surface area contributed by atoms with Crippen LogP contribution in [-0.4, -0.2) is 150 Å². The number of ether oxygens (including phenoxy) is 2. The maximum Gasteiger partial charge on any atom is 0.410 e. The van der Waals surface area contributed by atoms with Crippen molar-refractivity contribution >= 4 is 74.6 Å². The summed E-state index contributed by atoms with van der Waals surface area (Å²) in [6.07, 6.45) is 11.7. The molecule has 3 aliphatic carbocycles. The van der Waals surface area contributed by atoms with Gasteiger partial charge in [0.2, 0.25) is 30.1 Å². The third-order valence-corrected chi connectivity index (χ3v) is 21.4. The number of pyridine rings is 3. The molecular formula is C56H69N9O10S3. The minimum Gasteiger partial charge on any atom is -0.444 e. The van der Waals surface area contributed by atoms with E-state index in [0.717, 1.165) is 47.4 Å². The zero-order valence-electron chi connectivity index (χ0n) is 45.3. The van der Waals surface area contributed by atoms with Crippen LogP contribution >= 0.6 is 0 Å². The number of fused-ring (bicyclic) bond motifs is 6. The average molecular weight is 1120 g/mol. The molecule has 3 aliphatic heterocycles. The Kier molecular flexibility index (Phi) is 14.2. The van der Waals surface area contributed by atoms with E-state index in [1.165, 1.54) is 8.61 Å². The monoisotopic (exact) mass is 1120 g/mol. The molecule has 3 aromatic heterocycles. The van der Waals surface area contributed by atoms with Crippen LogP contribution in [0.5, 0.6) is 0 Å². The minimum atomic E-state index is -3.68. The zero-order chi connectivity index (χ0) is 55.8. The van der Waals surface area contributed by atoms with Gasteiger partial charge in [0.05, 0.1) is 25.8 Å². The number of hydrogen-bond donors (Lipinski definition) is 2. The molecule has 3 saturated carbocycles. The van der Waals surface area contributed by atoms with Crippen LogP contribution in [0.15, 0.2) is 125 Å². The third kappa shape index (κ3) is 10.6. The van der Waals surface area contributed by atoms with Crippen LogP contribution in [-0.2, 0) is 39.5 Å². The summed E-state index contributed by atoms with van der Waals surface area (Å²) in [5.41, 5.74) is -2.13. The Hall–Kier alpha value is -5.88. The highest BCUT2D eigenvalue weighted by Crippen LogP contribution is 2.56. The maximum absolute atomic E-state index is 13.4. The number of likely N-dealkylation sites (N-methyl/N-ethyl adjacent to an activating group) is 2. The van der Waals surface area contributed by atoms with Crippen LogP contribution in [0.4, 0.5) is 9.59 Å². The van der Waals surface area contributed by atoms with Crippen molar-refractivity contribution in [3.63, 3.8) is 0 Å². The highest BCUT2D eigenvalue weighted by Gasteiger charge is 2.67. The van der Waals surface area contributed by atoms with E-state index in [9.17, 15) is 34.8 Å². The Balaban J connectivity index is 0.000000133. The van der Waals surface area contributed by atoms with E-state index < -0.39 is 58.4 Å². The molecule has 6 atom stereocenters. The van der Waals surface area contributed by atoms with Crippen LogP contribution in [0.25, 0.3) is 32.3 Å². The first kappa shape index (κ1) is 55.4. The van der Waals surface area contributed by atoms with Crippen LogP contribution in [0.3, 0.4) is 0 Å². The first-order valence-corrected chi connectivity index (χ1v) is 30.8. The van der Waals surface area contributed by atoms with Crippen LogP contribution in [0.2, 0.25) is 0 Å². The predicted molar refractivity (Wildman–Crippen MR) is 296 cm³/mol. The molecule has 2 N–H and O–H groups in total. The second kappa shape index (κ2) is 20.0. The van der Waals surface area contributed by atoms with Crippen molar-refractivity contribution in [3.05, 3.63) is 110 Å². The molecule has 6 aromatic rings. The van der Waals surface area contributed by atoms with Gasteiger partial charge in [-0.2, -0.15) is 12.9 Å². The van der Waals surface area contributed by atoms with Crippen molar-refractivity contribution in [2.45, 2.75) is 117 Å². The Morgan fingerprint density at radius 3 is 1.42 bits per heavy atom.